The second-order valence-electron chi connectivity index (χ2n) is 2.58. The molecule has 0 bridgehead atoms. The molecular formula is C8H16O2. The van der Waals surface area contributed by atoms with E-state index in [0.29, 0.717) is 5.92 Å². The molecule has 2 unspecified atom stereocenters. The Morgan fingerprint density at radius 2 is 2.10 bits per heavy atom. The maximum absolute atomic E-state index is 9.08. The van der Waals surface area contributed by atoms with E-state index in [-0.39, 0.29) is 6.61 Å². The lowest BCUT2D eigenvalue weighted by atomic mass is 9.96. The van der Waals surface area contributed by atoms with E-state index in [1.54, 1.807) is 0 Å². The van der Waals surface area contributed by atoms with Gasteiger partial charge in [-0.2, -0.15) is 0 Å². The molecule has 0 aliphatic heterocycles. The molecule has 0 aliphatic rings. The van der Waals surface area contributed by atoms with Gasteiger partial charge in [-0.3, -0.25) is 0 Å². The predicted octanol–water partition coefficient (Wildman–Crippen LogP) is 0.942. The maximum atomic E-state index is 9.08. The van der Waals surface area contributed by atoms with Gasteiger partial charge in [0.2, 0.25) is 0 Å². The first-order valence-corrected chi connectivity index (χ1v) is 3.61. The molecule has 2 nitrogen and oxygen atoms in total. The summed E-state index contributed by atoms with van der Waals surface area (Å²) in [6.07, 6.45) is 0.213. The van der Waals surface area contributed by atoms with Crippen LogP contribution in [0.5, 0.6) is 0 Å². The summed E-state index contributed by atoms with van der Waals surface area (Å²) in [5.41, 5.74) is 0.727. The number of hydrogen-bond donors (Lipinski definition) is 2. The Bertz CT molecular complexity index is 97.8. The van der Waals surface area contributed by atoms with Crippen LogP contribution in [0.4, 0.5) is 0 Å². The van der Waals surface area contributed by atoms with Gasteiger partial charge >= 0.3 is 0 Å². The van der Waals surface area contributed by atoms with Crippen LogP contribution < -0.4 is 0 Å². The fourth-order valence-corrected chi connectivity index (χ4v) is 0.708. The Morgan fingerprint density at radius 1 is 1.60 bits per heavy atom. The Morgan fingerprint density at radius 3 is 2.40 bits per heavy atom. The van der Waals surface area contributed by atoms with Crippen molar-refractivity contribution in [1.29, 1.82) is 0 Å². The smallest absolute Gasteiger partial charge is 0.0980 e. The van der Waals surface area contributed by atoms with Gasteiger partial charge in [-0.25, -0.2) is 0 Å². The van der Waals surface area contributed by atoms with Crippen LogP contribution in [0.1, 0.15) is 20.3 Å². The molecule has 60 valence electrons. The molecule has 0 spiro atoms. The van der Waals surface area contributed by atoms with Crippen LogP contribution in [0.2, 0.25) is 0 Å². The van der Waals surface area contributed by atoms with Crippen molar-refractivity contribution in [2.75, 3.05) is 6.61 Å². The third kappa shape index (κ3) is 2.50. The van der Waals surface area contributed by atoms with Gasteiger partial charge in [-0.05, 0) is 17.9 Å². The molecule has 10 heavy (non-hydrogen) atoms. The van der Waals surface area contributed by atoms with Crippen molar-refractivity contribution in [1.82, 2.24) is 0 Å². The first kappa shape index (κ1) is 9.66. The maximum Gasteiger partial charge on any atom is 0.0980 e. The summed E-state index contributed by atoms with van der Waals surface area (Å²) >= 11 is 0. The van der Waals surface area contributed by atoms with E-state index in [1.165, 1.54) is 0 Å². The highest BCUT2D eigenvalue weighted by Crippen LogP contribution is 2.15. The summed E-state index contributed by atoms with van der Waals surface area (Å²) in [4.78, 5) is 0. The van der Waals surface area contributed by atoms with E-state index in [2.05, 4.69) is 6.58 Å². The highest BCUT2D eigenvalue weighted by molar-refractivity contribution is 5.05. The van der Waals surface area contributed by atoms with Gasteiger partial charge in [-0.15, -0.1) is 0 Å². The molecule has 2 heteroatoms. The number of aliphatic hydroxyl groups is 2. The standard InChI is InChI=1S/C8H16O2/c1-4-6(2)7(3)8(10)5-9/h6,8-10H,3-5H2,1-2H3. The van der Waals surface area contributed by atoms with E-state index in [0.717, 1.165) is 12.0 Å². The Balaban J connectivity index is 3.82. The predicted molar refractivity (Wildman–Crippen MR) is 41.7 cm³/mol. The third-order valence-electron chi connectivity index (χ3n) is 1.85. The summed E-state index contributed by atoms with van der Waals surface area (Å²) in [5.74, 6) is 0.294. The summed E-state index contributed by atoms with van der Waals surface area (Å²) < 4.78 is 0. The molecule has 0 aromatic heterocycles. The van der Waals surface area contributed by atoms with Crippen molar-refractivity contribution in [3.05, 3.63) is 12.2 Å². The van der Waals surface area contributed by atoms with Crippen LogP contribution in [0.3, 0.4) is 0 Å². The molecule has 0 aliphatic carbocycles. The van der Waals surface area contributed by atoms with Crippen molar-refractivity contribution >= 4 is 0 Å². The lowest BCUT2D eigenvalue weighted by Gasteiger charge is -2.16. The van der Waals surface area contributed by atoms with Crippen LogP contribution in [0.25, 0.3) is 0 Å². The lowest BCUT2D eigenvalue weighted by Crippen LogP contribution is -2.18. The van der Waals surface area contributed by atoms with Crippen LogP contribution in [-0.2, 0) is 0 Å². The van der Waals surface area contributed by atoms with Gasteiger partial charge in [0.15, 0.2) is 0 Å². The molecule has 0 saturated heterocycles. The average Bonchev–Trinajstić information content (AvgIpc) is 2.00. The zero-order valence-corrected chi connectivity index (χ0v) is 6.67. The Labute approximate surface area is 62.2 Å². The molecule has 2 atom stereocenters. The van der Waals surface area contributed by atoms with Gasteiger partial charge in [-0.1, -0.05) is 20.4 Å². The minimum Gasteiger partial charge on any atom is -0.393 e. The first-order valence-electron chi connectivity index (χ1n) is 3.61. The summed E-state index contributed by atoms with van der Waals surface area (Å²) in [6.45, 7) is 7.48. The van der Waals surface area contributed by atoms with Gasteiger partial charge in [0.25, 0.3) is 0 Å². The first-order chi connectivity index (χ1) is 4.63. The SMILES string of the molecule is C=C(C(C)CC)C(O)CO. The number of rotatable bonds is 4. The van der Waals surface area contributed by atoms with Crippen LogP contribution >= 0.6 is 0 Å². The molecular weight excluding hydrogens is 128 g/mol. The van der Waals surface area contributed by atoms with Crippen molar-refractivity contribution in [3.63, 3.8) is 0 Å². The van der Waals surface area contributed by atoms with Crippen molar-refractivity contribution < 1.29 is 10.2 Å². The van der Waals surface area contributed by atoms with Crippen molar-refractivity contribution in [2.45, 2.75) is 26.4 Å². The second kappa shape index (κ2) is 4.47. The van der Waals surface area contributed by atoms with Gasteiger partial charge in [0.1, 0.15) is 0 Å². The molecule has 0 aromatic rings. The molecule has 0 radical (unpaired) electrons. The lowest BCUT2D eigenvalue weighted by molar-refractivity contribution is 0.115. The van der Waals surface area contributed by atoms with E-state index >= 15 is 0 Å². The number of hydrogen-bond acceptors (Lipinski definition) is 2. The van der Waals surface area contributed by atoms with E-state index in [4.69, 9.17) is 10.2 Å². The Hall–Kier alpha value is -0.340. The fraction of sp³-hybridized carbons (Fsp3) is 0.750. The van der Waals surface area contributed by atoms with E-state index < -0.39 is 6.10 Å². The van der Waals surface area contributed by atoms with Crippen LogP contribution in [-0.4, -0.2) is 22.9 Å². The fourth-order valence-electron chi connectivity index (χ4n) is 0.708. The zero-order valence-electron chi connectivity index (χ0n) is 6.67. The van der Waals surface area contributed by atoms with Crippen molar-refractivity contribution in [2.24, 2.45) is 5.92 Å². The topological polar surface area (TPSA) is 40.5 Å². The molecule has 0 saturated carbocycles. The summed E-state index contributed by atoms with van der Waals surface area (Å²) in [7, 11) is 0. The normalized spacial score (nSPS) is 16.4. The quantitative estimate of drug-likeness (QED) is 0.576. The molecule has 0 aromatic carbocycles. The molecule has 0 amide bonds. The average molecular weight is 144 g/mol. The molecule has 0 rings (SSSR count). The van der Waals surface area contributed by atoms with Crippen LogP contribution in [0, 0.1) is 5.92 Å². The minimum absolute atomic E-state index is 0.219. The molecule has 0 heterocycles. The third-order valence-corrected chi connectivity index (χ3v) is 1.85. The molecule has 0 fully saturated rings. The van der Waals surface area contributed by atoms with E-state index in [1.807, 2.05) is 13.8 Å². The van der Waals surface area contributed by atoms with Crippen LogP contribution in [0.15, 0.2) is 12.2 Å². The van der Waals surface area contributed by atoms with Gasteiger partial charge < -0.3 is 10.2 Å². The van der Waals surface area contributed by atoms with Crippen molar-refractivity contribution in [3.8, 4) is 0 Å². The largest absolute Gasteiger partial charge is 0.393 e. The minimum atomic E-state index is -0.741. The Kier molecular flexibility index (Phi) is 4.32. The zero-order chi connectivity index (χ0) is 8.15. The molecule has 2 N–H and O–H groups in total. The highest BCUT2D eigenvalue weighted by Gasteiger charge is 2.11. The number of aliphatic hydroxyl groups excluding tert-OH is 2. The monoisotopic (exact) mass is 144 g/mol. The van der Waals surface area contributed by atoms with Gasteiger partial charge in [0, 0.05) is 0 Å². The summed E-state index contributed by atoms with van der Waals surface area (Å²) in [5, 5.41) is 17.6. The van der Waals surface area contributed by atoms with Gasteiger partial charge in [0.05, 0.1) is 12.7 Å². The summed E-state index contributed by atoms with van der Waals surface area (Å²) in [6, 6.07) is 0. The highest BCUT2D eigenvalue weighted by atomic mass is 16.3. The van der Waals surface area contributed by atoms with E-state index in [9.17, 15) is 0 Å². The second-order valence-corrected chi connectivity index (χ2v) is 2.58.